The maximum Gasteiger partial charge on any atom is 0.160 e. The van der Waals surface area contributed by atoms with Crippen LogP contribution in [0, 0.1) is 0 Å². The number of benzene rings is 9. The SMILES string of the molecule is c1ccc(-c2nc(-c3ccccc3)c3ccc4cc(-n5c6ccccc6c6c(-c7cccc8c7c7ccccc7n8-c7ccccc7)cccc65)ccc4c3n2)cc1. The van der Waals surface area contributed by atoms with Crippen molar-refractivity contribution in [3.8, 4) is 45.1 Å². The van der Waals surface area contributed by atoms with Crippen molar-refractivity contribution in [3.05, 3.63) is 206 Å². The molecule has 4 heteroatoms. The van der Waals surface area contributed by atoms with E-state index in [-0.39, 0.29) is 0 Å². The Morgan fingerprint density at radius 3 is 1.48 bits per heavy atom. The van der Waals surface area contributed by atoms with E-state index in [0.717, 1.165) is 55.7 Å². The number of para-hydroxylation sites is 3. The molecule has 9 aromatic carbocycles. The van der Waals surface area contributed by atoms with E-state index in [0.29, 0.717) is 0 Å². The Balaban J connectivity index is 1.09. The zero-order valence-corrected chi connectivity index (χ0v) is 31.4. The molecule has 3 heterocycles. The van der Waals surface area contributed by atoms with Gasteiger partial charge in [0, 0.05) is 54.8 Å². The lowest BCUT2D eigenvalue weighted by Gasteiger charge is -2.13. The molecule has 0 radical (unpaired) electrons. The summed E-state index contributed by atoms with van der Waals surface area (Å²) < 4.78 is 4.82. The summed E-state index contributed by atoms with van der Waals surface area (Å²) >= 11 is 0. The molecule has 12 rings (SSSR count). The van der Waals surface area contributed by atoms with Gasteiger partial charge < -0.3 is 9.13 Å². The third-order valence-electron chi connectivity index (χ3n) is 11.7. The molecule has 0 fully saturated rings. The monoisotopic (exact) mass is 738 g/mol. The van der Waals surface area contributed by atoms with Crippen molar-refractivity contribution in [2.75, 3.05) is 0 Å². The lowest BCUT2D eigenvalue weighted by Crippen LogP contribution is -1.97. The van der Waals surface area contributed by atoms with Gasteiger partial charge in [-0.1, -0.05) is 152 Å². The quantitative estimate of drug-likeness (QED) is 0.165. The highest BCUT2D eigenvalue weighted by Crippen LogP contribution is 2.44. The fourth-order valence-corrected chi connectivity index (χ4v) is 9.20. The van der Waals surface area contributed by atoms with Crippen LogP contribution in [0.1, 0.15) is 0 Å². The third-order valence-corrected chi connectivity index (χ3v) is 11.7. The lowest BCUT2D eigenvalue weighted by atomic mass is 9.95. The highest BCUT2D eigenvalue weighted by atomic mass is 15.0. The minimum absolute atomic E-state index is 0.723. The molecule has 0 bridgehead atoms. The number of hydrogen-bond donors (Lipinski definition) is 0. The van der Waals surface area contributed by atoms with Crippen LogP contribution in [-0.2, 0) is 0 Å². The van der Waals surface area contributed by atoms with Gasteiger partial charge in [0.1, 0.15) is 0 Å². The Labute approximate surface area is 334 Å². The summed E-state index contributed by atoms with van der Waals surface area (Å²) in [7, 11) is 0. The molecule has 0 spiro atoms. The average molecular weight is 739 g/mol. The smallest absolute Gasteiger partial charge is 0.160 e. The van der Waals surface area contributed by atoms with Crippen molar-refractivity contribution in [3.63, 3.8) is 0 Å². The molecule has 3 aromatic heterocycles. The van der Waals surface area contributed by atoms with Crippen LogP contribution < -0.4 is 0 Å². The van der Waals surface area contributed by atoms with Gasteiger partial charge >= 0.3 is 0 Å². The van der Waals surface area contributed by atoms with Gasteiger partial charge in [-0.3, -0.25) is 0 Å². The number of hydrogen-bond acceptors (Lipinski definition) is 2. The van der Waals surface area contributed by atoms with Gasteiger partial charge in [-0.05, 0) is 71.1 Å². The molecule has 270 valence electrons. The third kappa shape index (κ3) is 4.88. The van der Waals surface area contributed by atoms with Crippen LogP contribution in [0.2, 0.25) is 0 Å². The molecule has 0 saturated heterocycles. The van der Waals surface area contributed by atoms with Crippen LogP contribution in [0.25, 0.3) is 110 Å². The van der Waals surface area contributed by atoms with Crippen molar-refractivity contribution < 1.29 is 0 Å². The Kier molecular flexibility index (Phi) is 7.20. The van der Waals surface area contributed by atoms with Crippen LogP contribution in [0.4, 0.5) is 0 Å². The van der Waals surface area contributed by atoms with E-state index in [1.54, 1.807) is 0 Å². The van der Waals surface area contributed by atoms with E-state index < -0.39 is 0 Å². The Hall–Kier alpha value is -7.82. The predicted octanol–water partition coefficient (Wildman–Crippen LogP) is 14.0. The second kappa shape index (κ2) is 12.9. The highest BCUT2D eigenvalue weighted by Gasteiger charge is 2.21. The summed E-state index contributed by atoms with van der Waals surface area (Å²) in [6, 6.07) is 73.8. The molecule has 12 aromatic rings. The van der Waals surface area contributed by atoms with Crippen LogP contribution in [0.3, 0.4) is 0 Å². The summed E-state index contributed by atoms with van der Waals surface area (Å²) in [5, 5.41) is 8.24. The normalized spacial score (nSPS) is 11.8. The van der Waals surface area contributed by atoms with E-state index in [9.17, 15) is 0 Å². The lowest BCUT2D eigenvalue weighted by molar-refractivity contribution is 1.18. The van der Waals surface area contributed by atoms with Gasteiger partial charge in [-0.25, -0.2) is 9.97 Å². The largest absolute Gasteiger partial charge is 0.309 e. The highest BCUT2D eigenvalue weighted by molar-refractivity contribution is 6.22. The second-order valence-electron chi connectivity index (χ2n) is 14.9. The first-order chi connectivity index (χ1) is 28.8. The van der Waals surface area contributed by atoms with Gasteiger partial charge in [-0.15, -0.1) is 0 Å². The Morgan fingerprint density at radius 2 is 0.845 bits per heavy atom. The number of aromatic nitrogens is 4. The van der Waals surface area contributed by atoms with Gasteiger partial charge in [-0.2, -0.15) is 0 Å². The second-order valence-corrected chi connectivity index (χ2v) is 14.9. The first-order valence-electron chi connectivity index (χ1n) is 19.8. The van der Waals surface area contributed by atoms with E-state index in [1.165, 1.54) is 54.7 Å². The molecular weight excluding hydrogens is 705 g/mol. The number of nitrogens with zero attached hydrogens (tertiary/aromatic N) is 4. The van der Waals surface area contributed by atoms with Crippen molar-refractivity contribution >= 4 is 65.3 Å². The molecular formula is C54H34N4. The van der Waals surface area contributed by atoms with Crippen molar-refractivity contribution in [1.29, 1.82) is 0 Å². The minimum atomic E-state index is 0.723. The summed E-state index contributed by atoms with van der Waals surface area (Å²) in [4.78, 5) is 10.4. The maximum absolute atomic E-state index is 5.25. The van der Waals surface area contributed by atoms with Gasteiger partial charge in [0.25, 0.3) is 0 Å². The van der Waals surface area contributed by atoms with Crippen molar-refractivity contribution in [2.24, 2.45) is 0 Å². The van der Waals surface area contributed by atoms with Gasteiger partial charge in [0.15, 0.2) is 5.82 Å². The first-order valence-corrected chi connectivity index (χ1v) is 19.8. The van der Waals surface area contributed by atoms with Crippen LogP contribution in [0.5, 0.6) is 0 Å². The number of fused-ring (bicyclic) bond motifs is 9. The van der Waals surface area contributed by atoms with E-state index >= 15 is 0 Å². The van der Waals surface area contributed by atoms with Gasteiger partial charge in [0.2, 0.25) is 0 Å². The molecule has 4 nitrogen and oxygen atoms in total. The zero-order valence-electron chi connectivity index (χ0n) is 31.4. The molecule has 0 atom stereocenters. The van der Waals surface area contributed by atoms with E-state index in [4.69, 9.17) is 9.97 Å². The average Bonchev–Trinajstić information content (AvgIpc) is 3.83. The molecule has 0 aliphatic carbocycles. The summed E-state index contributed by atoms with van der Waals surface area (Å²) in [5.74, 6) is 0.723. The topological polar surface area (TPSA) is 35.6 Å². The van der Waals surface area contributed by atoms with Crippen LogP contribution in [0.15, 0.2) is 206 Å². The van der Waals surface area contributed by atoms with Crippen molar-refractivity contribution in [2.45, 2.75) is 0 Å². The molecule has 0 amide bonds. The Bertz CT molecular complexity index is 3550. The predicted molar refractivity (Wildman–Crippen MR) is 242 cm³/mol. The van der Waals surface area contributed by atoms with Crippen LogP contribution >= 0.6 is 0 Å². The van der Waals surface area contributed by atoms with Gasteiger partial charge in [0.05, 0.1) is 33.3 Å². The molecule has 0 aliphatic heterocycles. The standard InChI is InChI=1S/C54H34N4/c1-4-16-35(17-5-1)52-45-32-30-37-34-39(31-33-40(37)53(45)56-54(55-52)36-18-6-2-7-19-36)58-47-27-13-11-23-44(47)51-42(25-15-29-49(51)58)41-24-14-28-48-50(41)43-22-10-12-26-46(43)57(48)38-20-8-3-9-21-38/h1-34H. The molecule has 58 heavy (non-hydrogen) atoms. The fourth-order valence-electron chi connectivity index (χ4n) is 9.20. The first kappa shape index (κ1) is 32.4. The molecule has 0 unspecified atom stereocenters. The summed E-state index contributed by atoms with van der Waals surface area (Å²) in [6.45, 7) is 0. The minimum Gasteiger partial charge on any atom is -0.309 e. The molecule has 0 aliphatic rings. The zero-order chi connectivity index (χ0) is 38.2. The van der Waals surface area contributed by atoms with E-state index in [1.807, 2.05) is 24.3 Å². The van der Waals surface area contributed by atoms with Crippen LogP contribution in [-0.4, -0.2) is 19.1 Å². The summed E-state index contributed by atoms with van der Waals surface area (Å²) in [5.41, 5.74) is 13.4. The molecule has 0 saturated carbocycles. The molecule has 0 N–H and O–H groups in total. The summed E-state index contributed by atoms with van der Waals surface area (Å²) in [6.07, 6.45) is 0. The number of rotatable bonds is 5. The van der Waals surface area contributed by atoms with Crippen molar-refractivity contribution in [1.82, 2.24) is 19.1 Å². The van der Waals surface area contributed by atoms with E-state index in [2.05, 4.69) is 191 Å². The maximum atomic E-state index is 5.25. The Morgan fingerprint density at radius 1 is 0.328 bits per heavy atom. The fraction of sp³-hybridized carbons (Fsp3) is 0.